The zero-order chi connectivity index (χ0) is 26.7. The maximum Gasteiger partial charge on any atom is 0.283 e. The van der Waals surface area contributed by atoms with Crippen LogP contribution in [-0.2, 0) is 21.3 Å². The van der Waals surface area contributed by atoms with E-state index in [1.807, 2.05) is 10.6 Å². The molecule has 0 radical (unpaired) electrons. The van der Waals surface area contributed by atoms with Crippen LogP contribution in [0.4, 0.5) is 11.8 Å². The highest BCUT2D eigenvalue weighted by Crippen LogP contribution is 2.37. The van der Waals surface area contributed by atoms with Crippen LogP contribution < -0.4 is 26.1 Å². The molecule has 2 aliphatic rings. The van der Waals surface area contributed by atoms with Gasteiger partial charge in [-0.25, -0.2) is 23.4 Å². The molecule has 202 valence electrons. The SMILES string of the molecule is COc1c(OCCCS(=O)(=O)N2CCOCC2)ccc2c3n(c(=NC(=O)c4cnc(N)nc4)nc12)CCN3. The van der Waals surface area contributed by atoms with Crippen molar-refractivity contribution in [3.05, 3.63) is 35.7 Å². The minimum atomic E-state index is -3.38. The Morgan fingerprint density at radius 1 is 1.21 bits per heavy atom. The average Bonchev–Trinajstić information content (AvgIpc) is 3.42. The predicted octanol–water partition coefficient (Wildman–Crippen LogP) is 0.0146. The van der Waals surface area contributed by atoms with Gasteiger partial charge in [0.2, 0.25) is 21.6 Å². The fourth-order valence-corrected chi connectivity index (χ4v) is 5.77. The number of benzene rings is 1. The molecule has 14 nitrogen and oxygen atoms in total. The van der Waals surface area contributed by atoms with Gasteiger partial charge in [-0.3, -0.25) is 9.36 Å². The molecular weight excluding hydrogens is 516 g/mol. The number of rotatable bonds is 8. The third-order valence-electron chi connectivity index (χ3n) is 6.19. The number of nitrogens with zero attached hydrogens (tertiary/aromatic N) is 6. The molecule has 1 fully saturated rings. The lowest BCUT2D eigenvalue weighted by atomic mass is 10.2. The molecule has 0 saturated carbocycles. The number of methoxy groups -OCH3 is 1. The summed E-state index contributed by atoms with van der Waals surface area (Å²) in [6, 6.07) is 3.60. The monoisotopic (exact) mass is 544 g/mol. The number of hydrogen-bond donors (Lipinski definition) is 2. The second kappa shape index (κ2) is 10.9. The number of nitrogen functional groups attached to an aromatic ring is 1. The normalized spacial score (nSPS) is 16.3. The third kappa shape index (κ3) is 5.25. The molecule has 0 atom stereocenters. The molecule has 0 aliphatic carbocycles. The van der Waals surface area contributed by atoms with E-state index in [1.54, 1.807) is 6.07 Å². The summed E-state index contributed by atoms with van der Waals surface area (Å²) in [5.74, 6) is 0.970. The number of fused-ring (bicyclic) bond motifs is 3. The van der Waals surface area contributed by atoms with Gasteiger partial charge in [-0.05, 0) is 18.6 Å². The van der Waals surface area contributed by atoms with E-state index in [0.717, 1.165) is 11.2 Å². The van der Waals surface area contributed by atoms with E-state index in [0.29, 0.717) is 62.8 Å². The molecule has 0 spiro atoms. The van der Waals surface area contributed by atoms with Crippen LogP contribution in [0.15, 0.2) is 29.5 Å². The number of carbonyl (C=O) groups is 1. The largest absolute Gasteiger partial charge is 0.491 e. The molecule has 0 unspecified atom stereocenters. The Balaban J connectivity index is 1.40. The van der Waals surface area contributed by atoms with Crippen LogP contribution in [0.25, 0.3) is 10.9 Å². The maximum absolute atomic E-state index is 12.8. The fraction of sp³-hybridized carbons (Fsp3) is 0.435. The predicted molar refractivity (Wildman–Crippen MR) is 137 cm³/mol. The van der Waals surface area contributed by atoms with Crippen molar-refractivity contribution in [2.75, 3.05) is 63.4 Å². The molecule has 1 amide bonds. The molecule has 38 heavy (non-hydrogen) atoms. The van der Waals surface area contributed by atoms with Gasteiger partial charge < -0.3 is 25.3 Å². The number of ether oxygens (including phenoxy) is 3. The lowest BCUT2D eigenvalue weighted by Crippen LogP contribution is -2.42. The van der Waals surface area contributed by atoms with Crippen molar-refractivity contribution in [3.63, 3.8) is 0 Å². The average molecular weight is 545 g/mol. The molecule has 0 bridgehead atoms. The lowest BCUT2D eigenvalue weighted by Gasteiger charge is -2.26. The molecule has 3 N–H and O–H groups in total. The number of nitrogens with one attached hydrogen (secondary N) is 1. The number of morpholine rings is 1. The summed E-state index contributed by atoms with van der Waals surface area (Å²) in [7, 11) is -1.89. The van der Waals surface area contributed by atoms with Crippen LogP contribution in [0.5, 0.6) is 11.5 Å². The van der Waals surface area contributed by atoms with E-state index in [2.05, 4.69) is 25.3 Å². The second-order valence-electron chi connectivity index (χ2n) is 8.61. The minimum absolute atomic E-state index is 0.0325. The van der Waals surface area contributed by atoms with Crippen LogP contribution in [0.3, 0.4) is 0 Å². The van der Waals surface area contributed by atoms with Crippen LogP contribution in [0.1, 0.15) is 16.8 Å². The highest BCUT2D eigenvalue weighted by atomic mass is 32.2. The van der Waals surface area contributed by atoms with Gasteiger partial charge in [0.15, 0.2) is 11.5 Å². The van der Waals surface area contributed by atoms with E-state index in [9.17, 15) is 13.2 Å². The third-order valence-corrected chi connectivity index (χ3v) is 8.15. The number of anilines is 2. The summed E-state index contributed by atoms with van der Waals surface area (Å²) in [5.41, 5.74) is 6.32. The summed E-state index contributed by atoms with van der Waals surface area (Å²) in [5, 5.41) is 4.08. The van der Waals surface area contributed by atoms with Crippen molar-refractivity contribution in [2.45, 2.75) is 13.0 Å². The van der Waals surface area contributed by atoms with E-state index in [1.165, 1.54) is 23.8 Å². The quantitative estimate of drug-likeness (QED) is 0.365. The molecule has 1 saturated heterocycles. The van der Waals surface area contributed by atoms with E-state index in [4.69, 9.17) is 19.9 Å². The first kappa shape index (κ1) is 25.8. The number of sulfonamides is 1. The van der Waals surface area contributed by atoms with Crippen molar-refractivity contribution in [3.8, 4) is 11.5 Å². The summed E-state index contributed by atoms with van der Waals surface area (Å²) in [6.07, 6.45) is 2.92. The van der Waals surface area contributed by atoms with Gasteiger partial charge in [-0.2, -0.15) is 9.30 Å². The van der Waals surface area contributed by atoms with E-state index in [-0.39, 0.29) is 29.5 Å². The van der Waals surface area contributed by atoms with Gasteiger partial charge in [-0.1, -0.05) is 0 Å². The van der Waals surface area contributed by atoms with Gasteiger partial charge in [0.25, 0.3) is 5.91 Å². The Bertz CT molecular complexity index is 1520. The Labute approximate surface area is 218 Å². The summed E-state index contributed by atoms with van der Waals surface area (Å²) in [4.78, 5) is 29.3. The highest BCUT2D eigenvalue weighted by molar-refractivity contribution is 7.89. The molecule has 1 aromatic carbocycles. The number of carbonyl (C=O) groups excluding carboxylic acids is 1. The standard InChI is InChI=1S/C23H28N8O6S/c1-35-19-17(37-9-2-12-38(33,34)30-7-10-36-11-8-30)4-3-16-18(19)28-23(31-6-5-25-20(16)31)29-21(32)15-13-26-22(24)27-14-15/h3-4,13-14,25H,2,5-12H2,1H3,(H2,24,26,27). The molecule has 2 aliphatic heterocycles. The van der Waals surface area contributed by atoms with Crippen molar-refractivity contribution >= 4 is 38.6 Å². The van der Waals surface area contributed by atoms with Crippen LogP contribution in [-0.4, -0.2) is 90.5 Å². The molecule has 3 aromatic rings. The van der Waals surface area contributed by atoms with E-state index < -0.39 is 15.9 Å². The topological polar surface area (TPSA) is 176 Å². The van der Waals surface area contributed by atoms with Crippen molar-refractivity contribution < 1.29 is 27.4 Å². The number of nitrogens with two attached hydrogens (primary N) is 1. The zero-order valence-electron chi connectivity index (χ0n) is 20.8. The van der Waals surface area contributed by atoms with Gasteiger partial charge in [0.1, 0.15) is 11.3 Å². The van der Waals surface area contributed by atoms with Gasteiger partial charge in [0.05, 0.1) is 38.2 Å². The first-order valence-electron chi connectivity index (χ1n) is 12.1. The maximum atomic E-state index is 12.8. The Kier molecular flexibility index (Phi) is 7.40. The summed E-state index contributed by atoms with van der Waals surface area (Å²) >= 11 is 0. The lowest BCUT2D eigenvalue weighted by molar-refractivity contribution is 0.0730. The minimum Gasteiger partial charge on any atom is -0.491 e. The number of amides is 1. The van der Waals surface area contributed by atoms with E-state index >= 15 is 0 Å². The van der Waals surface area contributed by atoms with Gasteiger partial charge in [-0.15, -0.1) is 0 Å². The molecular formula is C23H28N8O6S. The van der Waals surface area contributed by atoms with Gasteiger partial charge >= 0.3 is 0 Å². The second-order valence-corrected chi connectivity index (χ2v) is 10.7. The summed E-state index contributed by atoms with van der Waals surface area (Å²) in [6.45, 7) is 2.91. The molecule has 15 heteroatoms. The number of hydrogen-bond acceptors (Lipinski definition) is 11. The van der Waals surface area contributed by atoms with Crippen LogP contribution in [0.2, 0.25) is 0 Å². The van der Waals surface area contributed by atoms with Crippen molar-refractivity contribution in [1.29, 1.82) is 0 Å². The summed E-state index contributed by atoms with van der Waals surface area (Å²) < 4.78 is 45.2. The van der Waals surface area contributed by atoms with Crippen molar-refractivity contribution in [2.24, 2.45) is 4.99 Å². The molecule has 5 rings (SSSR count). The van der Waals surface area contributed by atoms with Crippen molar-refractivity contribution in [1.82, 2.24) is 23.8 Å². The number of aromatic nitrogens is 4. The fourth-order valence-electron chi connectivity index (χ4n) is 4.33. The Morgan fingerprint density at radius 3 is 2.71 bits per heavy atom. The van der Waals surface area contributed by atoms with Crippen LogP contribution in [0, 0.1) is 0 Å². The Morgan fingerprint density at radius 2 is 1.97 bits per heavy atom. The highest BCUT2D eigenvalue weighted by Gasteiger charge is 2.24. The smallest absolute Gasteiger partial charge is 0.283 e. The first-order chi connectivity index (χ1) is 18.4. The first-order valence-corrected chi connectivity index (χ1v) is 13.7. The molecule has 4 heterocycles. The van der Waals surface area contributed by atoms with Gasteiger partial charge in [0, 0.05) is 44.0 Å². The zero-order valence-corrected chi connectivity index (χ0v) is 21.6. The van der Waals surface area contributed by atoms with Crippen LogP contribution >= 0.6 is 0 Å². The molecule has 2 aromatic heterocycles. The Hall–Kier alpha value is -3.82.